The lowest BCUT2D eigenvalue weighted by Gasteiger charge is -2.09. The zero-order valence-electron chi connectivity index (χ0n) is 9.29. The van der Waals surface area contributed by atoms with Crippen LogP contribution in [0.1, 0.15) is 5.56 Å². The molecule has 2 aromatic rings. The first-order valence-corrected chi connectivity index (χ1v) is 7.36. The molecule has 0 aromatic heterocycles. The molecule has 1 N–H and O–H groups in total. The SMILES string of the molecule is Brc1ccc(I)cc1NCCc1ccccc1. The molecule has 88 valence electrons. The van der Waals surface area contributed by atoms with Crippen LogP contribution in [0.2, 0.25) is 0 Å². The Morgan fingerprint density at radius 2 is 1.82 bits per heavy atom. The minimum absolute atomic E-state index is 0.947. The van der Waals surface area contributed by atoms with Gasteiger partial charge in [0.2, 0.25) is 0 Å². The maximum absolute atomic E-state index is 3.55. The zero-order chi connectivity index (χ0) is 12.1. The Hall–Kier alpha value is -0.550. The fourth-order valence-corrected chi connectivity index (χ4v) is 2.50. The fourth-order valence-electron chi connectivity index (χ4n) is 1.62. The van der Waals surface area contributed by atoms with Crippen molar-refractivity contribution in [2.45, 2.75) is 6.42 Å². The van der Waals surface area contributed by atoms with Gasteiger partial charge in [-0.2, -0.15) is 0 Å². The summed E-state index contributed by atoms with van der Waals surface area (Å²) in [6, 6.07) is 16.8. The molecule has 0 unspecified atom stereocenters. The highest BCUT2D eigenvalue weighted by Crippen LogP contribution is 2.24. The minimum Gasteiger partial charge on any atom is -0.384 e. The maximum atomic E-state index is 3.55. The van der Waals surface area contributed by atoms with Crippen molar-refractivity contribution < 1.29 is 0 Å². The summed E-state index contributed by atoms with van der Waals surface area (Å²) in [5.74, 6) is 0. The maximum Gasteiger partial charge on any atom is 0.0495 e. The van der Waals surface area contributed by atoms with Crippen molar-refractivity contribution in [3.8, 4) is 0 Å². The second-order valence-electron chi connectivity index (χ2n) is 3.79. The molecule has 0 radical (unpaired) electrons. The van der Waals surface area contributed by atoms with E-state index in [4.69, 9.17) is 0 Å². The number of nitrogens with one attached hydrogen (secondary N) is 1. The van der Waals surface area contributed by atoms with Crippen LogP contribution in [-0.2, 0) is 6.42 Å². The molecular formula is C14H13BrIN. The summed E-state index contributed by atoms with van der Waals surface area (Å²) in [5.41, 5.74) is 2.52. The summed E-state index contributed by atoms with van der Waals surface area (Å²) in [7, 11) is 0. The fraction of sp³-hybridized carbons (Fsp3) is 0.143. The molecule has 0 aliphatic heterocycles. The molecular weight excluding hydrogens is 389 g/mol. The Bertz CT molecular complexity index is 485. The second kappa shape index (κ2) is 6.40. The van der Waals surface area contributed by atoms with Gasteiger partial charge in [-0.15, -0.1) is 0 Å². The van der Waals surface area contributed by atoms with Gasteiger partial charge in [-0.25, -0.2) is 0 Å². The molecule has 0 spiro atoms. The third kappa shape index (κ3) is 4.00. The highest BCUT2D eigenvalue weighted by molar-refractivity contribution is 14.1. The van der Waals surface area contributed by atoms with Crippen LogP contribution in [0.25, 0.3) is 0 Å². The van der Waals surface area contributed by atoms with Crippen LogP contribution in [0.15, 0.2) is 53.0 Å². The molecule has 0 fully saturated rings. The summed E-state index contributed by atoms with van der Waals surface area (Å²) in [4.78, 5) is 0. The first-order chi connectivity index (χ1) is 8.25. The molecule has 0 atom stereocenters. The van der Waals surface area contributed by atoms with Gasteiger partial charge in [0.05, 0.1) is 0 Å². The lowest BCUT2D eigenvalue weighted by molar-refractivity contribution is 1.02. The summed E-state index contributed by atoms with van der Waals surface area (Å²) in [6.45, 7) is 0.947. The largest absolute Gasteiger partial charge is 0.384 e. The van der Waals surface area contributed by atoms with Gasteiger partial charge in [0.15, 0.2) is 0 Å². The molecule has 2 rings (SSSR count). The van der Waals surface area contributed by atoms with Crippen LogP contribution < -0.4 is 5.32 Å². The number of hydrogen-bond donors (Lipinski definition) is 1. The predicted molar refractivity (Wildman–Crippen MR) is 85.5 cm³/mol. The van der Waals surface area contributed by atoms with Crippen LogP contribution in [-0.4, -0.2) is 6.54 Å². The molecule has 0 aliphatic carbocycles. The summed E-state index contributed by atoms with van der Waals surface area (Å²) < 4.78 is 2.36. The Labute approximate surface area is 124 Å². The van der Waals surface area contributed by atoms with E-state index < -0.39 is 0 Å². The van der Waals surface area contributed by atoms with Crippen molar-refractivity contribution >= 4 is 44.2 Å². The van der Waals surface area contributed by atoms with Crippen molar-refractivity contribution in [2.24, 2.45) is 0 Å². The van der Waals surface area contributed by atoms with E-state index in [2.05, 4.69) is 86.3 Å². The van der Waals surface area contributed by atoms with Gasteiger partial charge in [-0.05, 0) is 68.7 Å². The van der Waals surface area contributed by atoms with Crippen LogP contribution >= 0.6 is 38.5 Å². The van der Waals surface area contributed by atoms with Gasteiger partial charge >= 0.3 is 0 Å². The van der Waals surface area contributed by atoms with Crippen molar-refractivity contribution in [3.05, 3.63) is 62.1 Å². The summed E-state index contributed by atoms with van der Waals surface area (Å²) in [6.07, 6.45) is 1.04. The Morgan fingerprint density at radius 3 is 2.59 bits per heavy atom. The van der Waals surface area contributed by atoms with Crippen molar-refractivity contribution in [1.82, 2.24) is 0 Å². The van der Waals surface area contributed by atoms with Crippen molar-refractivity contribution in [2.75, 3.05) is 11.9 Å². The Balaban J connectivity index is 1.92. The van der Waals surface area contributed by atoms with E-state index in [9.17, 15) is 0 Å². The number of anilines is 1. The average molecular weight is 402 g/mol. The van der Waals surface area contributed by atoms with Gasteiger partial charge in [0.1, 0.15) is 0 Å². The van der Waals surface area contributed by atoms with E-state index in [0.717, 1.165) is 23.1 Å². The third-order valence-corrected chi connectivity index (χ3v) is 3.86. The third-order valence-electron chi connectivity index (χ3n) is 2.50. The van der Waals surface area contributed by atoms with E-state index >= 15 is 0 Å². The van der Waals surface area contributed by atoms with Crippen LogP contribution in [0.3, 0.4) is 0 Å². The summed E-state index contributed by atoms with van der Waals surface area (Å²) >= 11 is 5.88. The molecule has 2 aromatic carbocycles. The molecule has 17 heavy (non-hydrogen) atoms. The van der Waals surface area contributed by atoms with Crippen LogP contribution in [0.5, 0.6) is 0 Å². The Morgan fingerprint density at radius 1 is 1.06 bits per heavy atom. The number of benzene rings is 2. The number of halogens is 2. The standard InChI is InChI=1S/C14H13BrIN/c15-13-7-6-12(16)10-14(13)17-9-8-11-4-2-1-3-5-11/h1-7,10,17H,8-9H2. The average Bonchev–Trinajstić information content (AvgIpc) is 2.35. The quantitative estimate of drug-likeness (QED) is 0.731. The number of hydrogen-bond acceptors (Lipinski definition) is 1. The monoisotopic (exact) mass is 401 g/mol. The topological polar surface area (TPSA) is 12.0 Å². The number of rotatable bonds is 4. The molecule has 3 heteroatoms. The normalized spacial score (nSPS) is 10.2. The molecule has 1 nitrogen and oxygen atoms in total. The lowest BCUT2D eigenvalue weighted by Crippen LogP contribution is -2.05. The first kappa shape index (κ1) is 12.9. The highest BCUT2D eigenvalue weighted by atomic mass is 127. The Kier molecular flexibility index (Phi) is 4.86. The van der Waals surface area contributed by atoms with Gasteiger partial charge in [0.25, 0.3) is 0 Å². The van der Waals surface area contributed by atoms with E-state index in [1.54, 1.807) is 0 Å². The molecule has 0 aliphatic rings. The van der Waals surface area contributed by atoms with E-state index in [0.29, 0.717) is 0 Å². The molecule has 0 bridgehead atoms. The highest BCUT2D eigenvalue weighted by Gasteiger charge is 1.99. The van der Waals surface area contributed by atoms with E-state index in [-0.39, 0.29) is 0 Å². The van der Waals surface area contributed by atoms with Gasteiger partial charge < -0.3 is 5.32 Å². The van der Waals surface area contributed by atoms with Gasteiger partial charge in [0, 0.05) is 20.3 Å². The molecule has 0 amide bonds. The second-order valence-corrected chi connectivity index (χ2v) is 5.89. The van der Waals surface area contributed by atoms with Crippen molar-refractivity contribution in [3.63, 3.8) is 0 Å². The lowest BCUT2D eigenvalue weighted by atomic mass is 10.1. The van der Waals surface area contributed by atoms with E-state index in [1.807, 2.05) is 6.07 Å². The minimum atomic E-state index is 0.947. The predicted octanol–water partition coefficient (Wildman–Crippen LogP) is 4.71. The van der Waals surface area contributed by atoms with Crippen LogP contribution in [0.4, 0.5) is 5.69 Å². The molecule has 0 saturated heterocycles. The smallest absolute Gasteiger partial charge is 0.0495 e. The van der Waals surface area contributed by atoms with Gasteiger partial charge in [-0.1, -0.05) is 30.3 Å². The van der Waals surface area contributed by atoms with Gasteiger partial charge in [-0.3, -0.25) is 0 Å². The summed E-state index contributed by atoms with van der Waals surface area (Å²) in [5, 5.41) is 3.45. The first-order valence-electron chi connectivity index (χ1n) is 5.48. The van der Waals surface area contributed by atoms with Crippen LogP contribution in [0, 0.1) is 3.57 Å². The molecule has 0 heterocycles. The zero-order valence-corrected chi connectivity index (χ0v) is 13.0. The van der Waals surface area contributed by atoms with E-state index in [1.165, 1.54) is 9.13 Å². The van der Waals surface area contributed by atoms with Crippen molar-refractivity contribution in [1.29, 1.82) is 0 Å². The molecule has 0 saturated carbocycles.